The summed E-state index contributed by atoms with van der Waals surface area (Å²) in [5.41, 5.74) is 0.581. The molecule has 3 rings (SSSR count). The molecule has 0 aliphatic rings. The number of aromatic nitrogens is 4. The van der Waals surface area contributed by atoms with Gasteiger partial charge >= 0.3 is 0 Å². The van der Waals surface area contributed by atoms with Crippen molar-refractivity contribution in [2.24, 2.45) is 0 Å². The summed E-state index contributed by atoms with van der Waals surface area (Å²) in [6.45, 7) is 11.8. The first-order valence-corrected chi connectivity index (χ1v) is 13.6. The average Bonchev–Trinajstić information content (AvgIpc) is 3.40. The number of amides is 2. The Labute approximate surface area is 240 Å². The third kappa shape index (κ3) is 8.46. The molecule has 0 saturated heterocycles. The second-order valence-electron chi connectivity index (χ2n) is 10.5. The van der Waals surface area contributed by atoms with Crippen LogP contribution in [0.15, 0.2) is 42.5 Å². The van der Waals surface area contributed by atoms with Crippen molar-refractivity contribution in [3.05, 3.63) is 53.8 Å². The highest BCUT2D eigenvalue weighted by Crippen LogP contribution is 2.31. The quantitative estimate of drug-likeness (QED) is 0.334. The summed E-state index contributed by atoms with van der Waals surface area (Å²) in [4.78, 5) is 32.4. The Morgan fingerprint density at radius 2 is 1.66 bits per heavy atom. The van der Waals surface area contributed by atoms with Crippen molar-refractivity contribution in [1.82, 2.24) is 35.3 Å². The Morgan fingerprint density at radius 1 is 1.00 bits per heavy atom. The van der Waals surface area contributed by atoms with Crippen molar-refractivity contribution in [3.8, 4) is 22.9 Å². The number of nitrogens with zero attached hydrogens (tertiary/aromatic N) is 6. The molecule has 1 heterocycles. The van der Waals surface area contributed by atoms with Gasteiger partial charge in [0.2, 0.25) is 17.6 Å². The molecule has 1 aromatic heterocycles. The Hall–Kier alpha value is -4.06. The van der Waals surface area contributed by atoms with Crippen LogP contribution < -0.4 is 14.8 Å². The zero-order chi connectivity index (χ0) is 30.2. The van der Waals surface area contributed by atoms with E-state index in [0.29, 0.717) is 35.0 Å². The molecule has 0 spiro atoms. The van der Waals surface area contributed by atoms with Gasteiger partial charge in [0.25, 0.3) is 0 Å². The number of tetrazole rings is 1. The lowest BCUT2D eigenvalue weighted by atomic mass is 10.0. The number of ether oxygens (including phenoxy) is 2. The van der Waals surface area contributed by atoms with Crippen LogP contribution in [0.2, 0.25) is 0 Å². The van der Waals surface area contributed by atoms with E-state index in [1.54, 1.807) is 25.3 Å². The zero-order valence-electron chi connectivity index (χ0n) is 24.8. The smallest absolute Gasteiger partial charge is 0.247 e. The molecule has 0 radical (unpaired) electrons. The standard InChI is InChI=1S/C29H40FN7O4/c1-8-35(9-2)16-17-36(26(28(39)31-29(3,4)5)20-10-13-22(30)14-11-20)25(38)19-37-33-27(32-34-37)21-12-15-23(40-6)24(18-21)41-7/h10-15,18,26H,8-9,16-17,19H2,1-7H3,(H,31,39)/t26-/m0/s1. The number of hydrogen-bond acceptors (Lipinski definition) is 8. The number of benzene rings is 2. The molecule has 222 valence electrons. The highest BCUT2D eigenvalue weighted by Gasteiger charge is 2.34. The van der Waals surface area contributed by atoms with E-state index >= 15 is 0 Å². The van der Waals surface area contributed by atoms with Crippen LogP contribution in [0.25, 0.3) is 11.4 Å². The van der Waals surface area contributed by atoms with Gasteiger partial charge in [-0.25, -0.2) is 4.39 Å². The van der Waals surface area contributed by atoms with Crippen molar-refractivity contribution < 1.29 is 23.5 Å². The third-order valence-electron chi connectivity index (χ3n) is 6.49. The minimum absolute atomic E-state index is 0.251. The molecule has 0 saturated carbocycles. The molecule has 3 aromatic rings. The lowest BCUT2D eigenvalue weighted by Gasteiger charge is -2.35. The monoisotopic (exact) mass is 569 g/mol. The summed E-state index contributed by atoms with van der Waals surface area (Å²) in [7, 11) is 3.08. The van der Waals surface area contributed by atoms with Crippen molar-refractivity contribution >= 4 is 11.8 Å². The molecule has 0 bridgehead atoms. The average molecular weight is 570 g/mol. The van der Waals surface area contributed by atoms with E-state index in [9.17, 15) is 14.0 Å². The largest absolute Gasteiger partial charge is 0.493 e. The summed E-state index contributed by atoms with van der Waals surface area (Å²) in [5.74, 6) is 0.185. The molecule has 2 amide bonds. The van der Waals surface area contributed by atoms with Gasteiger partial charge in [-0.15, -0.1) is 10.2 Å². The maximum atomic E-state index is 13.9. The number of carbonyl (C=O) groups is 2. The second kappa shape index (κ2) is 14.0. The van der Waals surface area contributed by atoms with Gasteiger partial charge in [0.15, 0.2) is 11.5 Å². The summed E-state index contributed by atoms with van der Waals surface area (Å²) >= 11 is 0. The summed E-state index contributed by atoms with van der Waals surface area (Å²) < 4.78 is 24.5. The van der Waals surface area contributed by atoms with E-state index in [1.807, 2.05) is 34.6 Å². The number of methoxy groups -OCH3 is 2. The fourth-order valence-electron chi connectivity index (χ4n) is 4.36. The zero-order valence-corrected chi connectivity index (χ0v) is 24.8. The predicted octanol–water partition coefficient (Wildman–Crippen LogP) is 3.32. The van der Waals surface area contributed by atoms with Gasteiger partial charge in [-0.2, -0.15) is 4.80 Å². The van der Waals surface area contributed by atoms with Gasteiger partial charge in [0, 0.05) is 24.2 Å². The lowest BCUT2D eigenvalue weighted by Crippen LogP contribution is -2.51. The first-order chi connectivity index (χ1) is 19.5. The number of likely N-dealkylation sites (N-methyl/N-ethyl adjacent to an activating group) is 1. The van der Waals surface area contributed by atoms with Gasteiger partial charge < -0.3 is 24.6 Å². The molecule has 11 nitrogen and oxygen atoms in total. The maximum Gasteiger partial charge on any atom is 0.247 e. The van der Waals surface area contributed by atoms with Gasteiger partial charge in [-0.05, 0) is 75.0 Å². The summed E-state index contributed by atoms with van der Waals surface area (Å²) in [6.07, 6.45) is 0. The summed E-state index contributed by atoms with van der Waals surface area (Å²) in [6, 6.07) is 9.86. The number of hydrogen-bond donors (Lipinski definition) is 1. The highest BCUT2D eigenvalue weighted by molar-refractivity contribution is 5.89. The maximum absolute atomic E-state index is 13.9. The Bertz CT molecular complexity index is 1300. The van der Waals surface area contributed by atoms with Crippen molar-refractivity contribution in [2.45, 2.75) is 52.7 Å². The van der Waals surface area contributed by atoms with Crippen LogP contribution in [0.4, 0.5) is 4.39 Å². The topological polar surface area (TPSA) is 115 Å². The minimum Gasteiger partial charge on any atom is -0.493 e. The van der Waals surface area contributed by atoms with Crippen LogP contribution in [0.5, 0.6) is 11.5 Å². The van der Waals surface area contributed by atoms with Crippen LogP contribution in [0, 0.1) is 5.82 Å². The summed E-state index contributed by atoms with van der Waals surface area (Å²) in [5, 5.41) is 15.6. The fraction of sp³-hybridized carbons (Fsp3) is 0.483. The molecule has 0 aliphatic carbocycles. The lowest BCUT2D eigenvalue weighted by molar-refractivity contribution is -0.142. The molecular formula is C29H40FN7O4. The first-order valence-electron chi connectivity index (χ1n) is 13.6. The van der Waals surface area contributed by atoms with Crippen LogP contribution >= 0.6 is 0 Å². The predicted molar refractivity (Wildman–Crippen MR) is 153 cm³/mol. The Kier molecular flexibility index (Phi) is 10.8. The number of carbonyl (C=O) groups excluding carboxylic acids is 2. The Morgan fingerprint density at radius 3 is 2.24 bits per heavy atom. The van der Waals surface area contributed by atoms with Crippen molar-refractivity contribution in [1.29, 1.82) is 0 Å². The minimum atomic E-state index is -0.994. The second-order valence-corrected chi connectivity index (χ2v) is 10.5. The number of halogens is 1. The van der Waals surface area contributed by atoms with Crippen LogP contribution in [-0.4, -0.2) is 87.8 Å². The number of rotatable bonds is 13. The van der Waals surface area contributed by atoms with E-state index in [0.717, 1.165) is 13.1 Å². The highest BCUT2D eigenvalue weighted by atomic mass is 19.1. The molecule has 1 atom stereocenters. The molecule has 41 heavy (non-hydrogen) atoms. The Balaban J connectivity index is 1.95. The molecule has 12 heteroatoms. The molecule has 1 N–H and O–H groups in total. The van der Waals surface area contributed by atoms with Gasteiger partial charge in [0.05, 0.1) is 14.2 Å². The third-order valence-corrected chi connectivity index (χ3v) is 6.49. The van der Waals surface area contributed by atoms with E-state index in [-0.39, 0.29) is 24.9 Å². The molecule has 0 aliphatic heterocycles. The fourth-order valence-corrected chi connectivity index (χ4v) is 4.36. The van der Waals surface area contributed by atoms with E-state index in [1.165, 1.54) is 41.1 Å². The van der Waals surface area contributed by atoms with E-state index in [2.05, 4.69) is 25.6 Å². The van der Waals surface area contributed by atoms with Crippen LogP contribution in [0.1, 0.15) is 46.2 Å². The van der Waals surface area contributed by atoms with Gasteiger partial charge in [-0.3, -0.25) is 9.59 Å². The molecule has 0 unspecified atom stereocenters. The molecule has 2 aromatic carbocycles. The van der Waals surface area contributed by atoms with E-state index < -0.39 is 17.4 Å². The normalized spacial score (nSPS) is 12.2. The molecular weight excluding hydrogens is 529 g/mol. The molecule has 0 fully saturated rings. The van der Waals surface area contributed by atoms with Crippen LogP contribution in [0.3, 0.4) is 0 Å². The van der Waals surface area contributed by atoms with E-state index in [4.69, 9.17) is 9.47 Å². The van der Waals surface area contributed by atoms with Crippen LogP contribution in [-0.2, 0) is 16.1 Å². The van der Waals surface area contributed by atoms with Crippen molar-refractivity contribution in [2.75, 3.05) is 40.4 Å². The van der Waals surface area contributed by atoms with Gasteiger partial charge in [-0.1, -0.05) is 26.0 Å². The number of nitrogens with one attached hydrogen (secondary N) is 1. The van der Waals surface area contributed by atoms with Crippen molar-refractivity contribution in [3.63, 3.8) is 0 Å². The first kappa shape index (κ1) is 31.5. The van der Waals surface area contributed by atoms with Gasteiger partial charge in [0.1, 0.15) is 18.4 Å². The SMILES string of the molecule is CCN(CC)CCN(C(=O)Cn1nnc(-c2ccc(OC)c(OC)c2)n1)[C@H](C(=O)NC(C)(C)C)c1ccc(F)cc1.